The van der Waals surface area contributed by atoms with Gasteiger partial charge in [0.25, 0.3) is 0 Å². The Morgan fingerprint density at radius 1 is 0.818 bits per heavy atom. The van der Waals surface area contributed by atoms with Crippen molar-refractivity contribution in [2.75, 3.05) is 19.8 Å². The van der Waals surface area contributed by atoms with Crippen molar-refractivity contribution >= 4 is 23.8 Å². The number of aliphatic hydroxyl groups excluding tert-OH is 1. The van der Waals surface area contributed by atoms with Crippen molar-refractivity contribution in [3.05, 3.63) is 0 Å². The van der Waals surface area contributed by atoms with Gasteiger partial charge in [-0.1, -0.05) is 25.7 Å². The first kappa shape index (κ1) is 28.8. The van der Waals surface area contributed by atoms with Gasteiger partial charge in [0.1, 0.15) is 18.8 Å². The first-order valence-corrected chi connectivity index (χ1v) is 11.3. The van der Waals surface area contributed by atoms with Crippen LogP contribution in [0, 0.1) is 0 Å². The molecule has 190 valence electrons. The van der Waals surface area contributed by atoms with E-state index in [4.69, 9.17) is 28.8 Å². The zero-order valence-electron chi connectivity index (χ0n) is 19.9. The van der Waals surface area contributed by atoms with Crippen LogP contribution in [0.5, 0.6) is 0 Å². The number of hydrogen-bond donors (Lipinski definition) is 2. The van der Waals surface area contributed by atoms with Gasteiger partial charge in [-0.2, -0.15) is 0 Å². The summed E-state index contributed by atoms with van der Waals surface area (Å²) in [6.07, 6.45) is 1.14. The Labute approximate surface area is 194 Å². The fourth-order valence-corrected chi connectivity index (χ4v) is 3.55. The van der Waals surface area contributed by atoms with Gasteiger partial charge in [-0.05, 0) is 12.8 Å². The second-order valence-electron chi connectivity index (χ2n) is 7.94. The van der Waals surface area contributed by atoms with E-state index in [9.17, 15) is 19.2 Å². The number of carbonyl (C=O) groups excluding carboxylic acids is 4. The maximum Gasteiger partial charge on any atom is 0.303 e. The van der Waals surface area contributed by atoms with E-state index >= 15 is 0 Å². The van der Waals surface area contributed by atoms with E-state index in [1.165, 1.54) is 27.7 Å². The molecule has 0 aromatic heterocycles. The molecule has 33 heavy (non-hydrogen) atoms. The van der Waals surface area contributed by atoms with Crippen LogP contribution in [-0.4, -0.2) is 79.4 Å². The number of esters is 3. The van der Waals surface area contributed by atoms with Gasteiger partial charge in [0.05, 0.1) is 0 Å². The number of amides is 1. The lowest BCUT2D eigenvalue weighted by molar-refractivity contribution is -0.277. The summed E-state index contributed by atoms with van der Waals surface area (Å²) < 4.78 is 27.6. The molecule has 1 saturated heterocycles. The minimum absolute atomic E-state index is 0.193. The number of unbranched alkanes of at least 4 members (excludes halogenated alkanes) is 5. The Morgan fingerprint density at radius 2 is 1.39 bits per heavy atom. The monoisotopic (exact) mass is 475 g/mol. The van der Waals surface area contributed by atoms with Crippen LogP contribution in [0.4, 0.5) is 0 Å². The Morgan fingerprint density at radius 3 is 1.94 bits per heavy atom. The number of nitrogens with one attached hydrogen (secondary N) is 1. The maximum absolute atomic E-state index is 11.9. The van der Waals surface area contributed by atoms with Crippen LogP contribution in [0.3, 0.4) is 0 Å². The van der Waals surface area contributed by atoms with Crippen LogP contribution >= 0.6 is 0 Å². The average molecular weight is 476 g/mol. The predicted octanol–water partition coefficient (Wildman–Crippen LogP) is 0.992. The normalized spacial score (nSPS) is 24.6. The van der Waals surface area contributed by atoms with Gasteiger partial charge in [-0.15, -0.1) is 0 Å². The van der Waals surface area contributed by atoms with E-state index in [0.717, 1.165) is 38.5 Å². The number of carbonyl (C=O) groups is 4. The number of rotatable bonds is 14. The van der Waals surface area contributed by atoms with Crippen LogP contribution in [0.25, 0.3) is 0 Å². The smallest absolute Gasteiger partial charge is 0.303 e. The lowest BCUT2D eigenvalue weighted by Crippen LogP contribution is -2.66. The molecule has 0 aliphatic carbocycles. The fourth-order valence-electron chi connectivity index (χ4n) is 3.55. The highest BCUT2D eigenvalue weighted by Gasteiger charge is 2.51. The highest BCUT2D eigenvalue weighted by Crippen LogP contribution is 2.28. The minimum Gasteiger partial charge on any atom is -0.463 e. The lowest BCUT2D eigenvalue weighted by atomic mass is 9.96. The van der Waals surface area contributed by atoms with Crippen molar-refractivity contribution < 1.29 is 48.0 Å². The Balaban J connectivity index is 2.95. The van der Waals surface area contributed by atoms with E-state index in [1.807, 2.05) is 0 Å². The fraction of sp³-hybridized carbons (Fsp3) is 0.818. The van der Waals surface area contributed by atoms with Gasteiger partial charge in [-0.3, -0.25) is 19.2 Å². The summed E-state index contributed by atoms with van der Waals surface area (Å²) in [5, 5.41) is 11.5. The van der Waals surface area contributed by atoms with E-state index in [2.05, 4.69) is 5.32 Å². The molecule has 1 amide bonds. The summed E-state index contributed by atoms with van der Waals surface area (Å²) in [6.45, 7) is 5.14. The van der Waals surface area contributed by atoms with Crippen molar-refractivity contribution in [3.8, 4) is 0 Å². The molecular formula is C22H37NO10. The van der Waals surface area contributed by atoms with E-state index in [1.54, 1.807) is 0 Å². The van der Waals surface area contributed by atoms with E-state index < -0.39 is 54.5 Å². The maximum atomic E-state index is 11.9. The lowest BCUT2D eigenvalue weighted by Gasteiger charge is -2.44. The molecule has 5 unspecified atom stereocenters. The third-order valence-electron chi connectivity index (χ3n) is 4.91. The third kappa shape index (κ3) is 11.4. The van der Waals surface area contributed by atoms with Gasteiger partial charge < -0.3 is 34.1 Å². The van der Waals surface area contributed by atoms with Crippen molar-refractivity contribution in [3.63, 3.8) is 0 Å². The molecule has 0 saturated carbocycles. The van der Waals surface area contributed by atoms with Crippen LogP contribution in [0.2, 0.25) is 0 Å². The van der Waals surface area contributed by atoms with Gasteiger partial charge in [0.15, 0.2) is 18.5 Å². The molecule has 11 nitrogen and oxygen atoms in total. The zero-order chi connectivity index (χ0) is 24.8. The highest BCUT2D eigenvalue weighted by molar-refractivity contribution is 5.73. The molecule has 1 rings (SSSR count). The topological polar surface area (TPSA) is 147 Å². The summed E-state index contributed by atoms with van der Waals surface area (Å²) in [5.74, 6) is -2.29. The summed E-state index contributed by atoms with van der Waals surface area (Å²) >= 11 is 0. The second-order valence-corrected chi connectivity index (χ2v) is 7.94. The molecule has 5 atom stereocenters. The molecule has 1 aliphatic rings. The Kier molecular flexibility index (Phi) is 13.6. The molecule has 11 heteroatoms. The summed E-state index contributed by atoms with van der Waals surface area (Å²) in [5.41, 5.74) is 0. The molecule has 0 radical (unpaired) electrons. The van der Waals surface area contributed by atoms with Gasteiger partial charge in [0, 0.05) is 40.9 Å². The Bertz CT molecular complexity index is 641. The van der Waals surface area contributed by atoms with Crippen LogP contribution in [-0.2, 0) is 42.9 Å². The third-order valence-corrected chi connectivity index (χ3v) is 4.91. The number of ether oxygens (including phenoxy) is 5. The van der Waals surface area contributed by atoms with E-state index in [-0.39, 0.29) is 13.2 Å². The number of hydrogen-bond acceptors (Lipinski definition) is 10. The van der Waals surface area contributed by atoms with Gasteiger partial charge in [0.2, 0.25) is 5.91 Å². The van der Waals surface area contributed by atoms with Gasteiger partial charge >= 0.3 is 17.9 Å². The molecule has 0 aromatic rings. The molecular weight excluding hydrogens is 438 g/mol. The largest absolute Gasteiger partial charge is 0.463 e. The predicted molar refractivity (Wildman–Crippen MR) is 115 cm³/mol. The zero-order valence-corrected chi connectivity index (χ0v) is 19.9. The van der Waals surface area contributed by atoms with Crippen LogP contribution in [0.1, 0.15) is 66.2 Å². The highest BCUT2D eigenvalue weighted by atomic mass is 16.7. The molecule has 1 heterocycles. The van der Waals surface area contributed by atoms with Crippen molar-refractivity contribution in [2.24, 2.45) is 0 Å². The first-order valence-electron chi connectivity index (χ1n) is 11.3. The molecule has 0 spiro atoms. The number of aliphatic hydroxyl groups is 1. The average Bonchev–Trinajstić information content (AvgIpc) is 2.71. The summed E-state index contributed by atoms with van der Waals surface area (Å²) in [6, 6.07) is -0.950. The van der Waals surface area contributed by atoms with E-state index in [0.29, 0.717) is 6.61 Å². The molecule has 2 N–H and O–H groups in total. The Hall–Kier alpha value is -2.24. The molecule has 0 aromatic carbocycles. The SMILES string of the molecule is CC(=O)NC1C(OCCCCCCCCO)OC(COC(C)=O)C(OC(C)=O)C1OC(C)=O. The molecule has 0 bridgehead atoms. The summed E-state index contributed by atoms with van der Waals surface area (Å²) in [4.78, 5) is 46.7. The van der Waals surface area contributed by atoms with Crippen LogP contribution in [0.15, 0.2) is 0 Å². The van der Waals surface area contributed by atoms with Crippen molar-refractivity contribution in [1.82, 2.24) is 5.32 Å². The van der Waals surface area contributed by atoms with Crippen LogP contribution < -0.4 is 5.32 Å². The molecule has 1 fully saturated rings. The van der Waals surface area contributed by atoms with Crippen molar-refractivity contribution in [1.29, 1.82) is 0 Å². The standard InChI is InChI=1S/C22H37NO10/c1-14(25)23-19-21(32-17(4)28)20(31-16(3)27)18(13-30-15(2)26)33-22(19)29-12-10-8-6-5-7-9-11-24/h18-22,24H,5-13H2,1-4H3,(H,23,25). The first-order chi connectivity index (χ1) is 15.6. The molecule has 1 aliphatic heterocycles. The minimum atomic E-state index is -1.13. The van der Waals surface area contributed by atoms with Gasteiger partial charge in [-0.25, -0.2) is 0 Å². The van der Waals surface area contributed by atoms with Crippen molar-refractivity contribution in [2.45, 2.75) is 96.9 Å². The summed E-state index contributed by atoms with van der Waals surface area (Å²) in [7, 11) is 0. The second kappa shape index (κ2) is 15.6. The quantitative estimate of drug-likeness (QED) is 0.212.